The molecule has 0 amide bonds. The number of thiophene rings is 1. The van der Waals surface area contributed by atoms with Crippen LogP contribution in [0.4, 0.5) is 0 Å². The van der Waals surface area contributed by atoms with Crippen molar-refractivity contribution in [3.05, 3.63) is 56.2 Å². The third kappa shape index (κ3) is 2.39. The van der Waals surface area contributed by atoms with Crippen LogP contribution in [0.15, 0.2) is 29.1 Å². The third-order valence-electron chi connectivity index (χ3n) is 3.59. The van der Waals surface area contributed by atoms with Gasteiger partial charge in [0.1, 0.15) is 0 Å². The first kappa shape index (κ1) is 14.4. The van der Waals surface area contributed by atoms with E-state index in [1.54, 1.807) is 12.1 Å². The molecule has 1 aromatic carbocycles. The lowest BCUT2D eigenvalue weighted by Gasteiger charge is -2.04. The van der Waals surface area contributed by atoms with Gasteiger partial charge in [-0.05, 0) is 37.1 Å². The molecule has 3 rings (SSSR count). The molecule has 112 valence electrons. The highest BCUT2D eigenvalue weighted by molar-refractivity contribution is 7.18. The second-order valence-electron chi connectivity index (χ2n) is 5.02. The summed E-state index contributed by atoms with van der Waals surface area (Å²) < 4.78 is 1.30. The average Bonchev–Trinajstić information content (AvgIpc) is 2.78. The lowest BCUT2D eigenvalue weighted by Crippen LogP contribution is -2.24. The molecule has 1 N–H and O–H groups in total. The first-order valence-corrected chi connectivity index (χ1v) is 7.44. The standard InChI is InChI=1S/C15H13N3O3S/c1-8-9(2)22-13-12(8)14(19)18(17-16-13)7-10-3-5-11(6-4-10)15(20)21/h3-6H,7H2,1-2H3,(H,20,21). The van der Waals surface area contributed by atoms with Gasteiger partial charge in [0, 0.05) is 4.88 Å². The summed E-state index contributed by atoms with van der Waals surface area (Å²) in [6, 6.07) is 6.37. The van der Waals surface area contributed by atoms with Crippen molar-refractivity contribution in [1.82, 2.24) is 15.0 Å². The molecule has 0 fully saturated rings. The molecule has 2 aromatic heterocycles. The molecule has 0 unspecified atom stereocenters. The largest absolute Gasteiger partial charge is 0.478 e. The molecule has 0 aliphatic carbocycles. The number of aromatic nitrogens is 3. The van der Waals surface area contributed by atoms with Gasteiger partial charge < -0.3 is 5.11 Å². The number of carbonyl (C=O) groups is 1. The van der Waals surface area contributed by atoms with Crippen molar-refractivity contribution in [3.63, 3.8) is 0 Å². The fraction of sp³-hybridized carbons (Fsp3) is 0.200. The Morgan fingerprint density at radius 3 is 2.59 bits per heavy atom. The van der Waals surface area contributed by atoms with Crippen LogP contribution in [0.3, 0.4) is 0 Å². The Bertz CT molecular complexity index is 926. The first-order chi connectivity index (χ1) is 10.5. The van der Waals surface area contributed by atoms with Crippen molar-refractivity contribution >= 4 is 27.5 Å². The van der Waals surface area contributed by atoms with Crippen LogP contribution in [0.1, 0.15) is 26.4 Å². The third-order valence-corrected chi connectivity index (χ3v) is 4.68. The summed E-state index contributed by atoms with van der Waals surface area (Å²) in [7, 11) is 0. The van der Waals surface area contributed by atoms with Crippen molar-refractivity contribution in [2.24, 2.45) is 0 Å². The summed E-state index contributed by atoms with van der Waals surface area (Å²) in [5, 5.41) is 17.6. The van der Waals surface area contributed by atoms with Gasteiger partial charge >= 0.3 is 5.97 Å². The van der Waals surface area contributed by atoms with Crippen molar-refractivity contribution in [2.45, 2.75) is 20.4 Å². The van der Waals surface area contributed by atoms with E-state index in [9.17, 15) is 9.59 Å². The average molecular weight is 315 g/mol. The number of rotatable bonds is 3. The number of carboxylic acid groups (broad SMARTS) is 1. The smallest absolute Gasteiger partial charge is 0.335 e. The van der Waals surface area contributed by atoms with E-state index in [0.717, 1.165) is 16.0 Å². The van der Waals surface area contributed by atoms with Crippen LogP contribution in [0.2, 0.25) is 0 Å². The Morgan fingerprint density at radius 2 is 1.95 bits per heavy atom. The maximum absolute atomic E-state index is 12.5. The Morgan fingerprint density at radius 1 is 1.27 bits per heavy atom. The van der Waals surface area contributed by atoms with Gasteiger partial charge in [-0.3, -0.25) is 4.79 Å². The van der Waals surface area contributed by atoms with Gasteiger partial charge in [0.05, 0.1) is 17.5 Å². The summed E-state index contributed by atoms with van der Waals surface area (Å²) in [5.74, 6) is -0.977. The van der Waals surface area contributed by atoms with Crippen LogP contribution < -0.4 is 5.56 Å². The quantitative estimate of drug-likeness (QED) is 0.801. The molecule has 0 atom stereocenters. The normalized spacial score (nSPS) is 11.0. The Hall–Kier alpha value is -2.54. The lowest BCUT2D eigenvalue weighted by molar-refractivity contribution is 0.0697. The molecule has 2 heterocycles. The SMILES string of the molecule is Cc1sc2nnn(Cc3ccc(C(=O)O)cc3)c(=O)c2c1C. The molecule has 0 spiro atoms. The van der Waals surface area contributed by atoms with Crippen LogP contribution in [0, 0.1) is 13.8 Å². The molecular weight excluding hydrogens is 302 g/mol. The number of nitrogens with zero attached hydrogens (tertiary/aromatic N) is 3. The predicted octanol–water partition coefficient (Wildman–Crippen LogP) is 2.22. The minimum Gasteiger partial charge on any atom is -0.478 e. The second kappa shape index (κ2) is 5.34. The van der Waals surface area contributed by atoms with Crippen LogP contribution in [0.5, 0.6) is 0 Å². The van der Waals surface area contributed by atoms with Crippen LogP contribution in [0.25, 0.3) is 10.2 Å². The van der Waals surface area contributed by atoms with E-state index in [-0.39, 0.29) is 17.7 Å². The highest BCUT2D eigenvalue weighted by atomic mass is 32.1. The van der Waals surface area contributed by atoms with E-state index in [1.165, 1.54) is 28.2 Å². The molecule has 0 radical (unpaired) electrons. The lowest BCUT2D eigenvalue weighted by atomic mass is 10.1. The van der Waals surface area contributed by atoms with E-state index in [0.29, 0.717) is 10.2 Å². The minimum absolute atomic E-state index is 0.172. The molecular formula is C15H13N3O3S. The van der Waals surface area contributed by atoms with Gasteiger partial charge in [-0.1, -0.05) is 17.3 Å². The zero-order valence-corrected chi connectivity index (χ0v) is 12.8. The molecule has 6 nitrogen and oxygen atoms in total. The highest BCUT2D eigenvalue weighted by Gasteiger charge is 2.13. The monoisotopic (exact) mass is 315 g/mol. The topological polar surface area (TPSA) is 85.1 Å². The van der Waals surface area contributed by atoms with Gasteiger partial charge in [-0.25, -0.2) is 9.48 Å². The van der Waals surface area contributed by atoms with Gasteiger partial charge in [0.25, 0.3) is 5.56 Å². The van der Waals surface area contributed by atoms with Crippen LogP contribution in [-0.2, 0) is 6.54 Å². The minimum atomic E-state index is -0.977. The molecule has 0 bridgehead atoms. The molecule has 0 aliphatic heterocycles. The van der Waals surface area contributed by atoms with Crippen molar-refractivity contribution in [2.75, 3.05) is 0 Å². The molecule has 0 saturated heterocycles. The summed E-state index contributed by atoms with van der Waals surface area (Å²) in [5.41, 5.74) is 1.77. The Labute approximate surface area is 129 Å². The van der Waals surface area contributed by atoms with Gasteiger partial charge in [0.15, 0.2) is 4.83 Å². The molecule has 3 aromatic rings. The fourth-order valence-corrected chi connectivity index (χ4v) is 3.19. The van der Waals surface area contributed by atoms with Gasteiger partial charge in [0.2, 0.25) is 0 Å². The van der Waals surface area contributed by atoms with Crippen molar-refractivity contribution in [3.8, 4) is 0 Å². The number of aromatic carboxylic acids is 1. The van der Waals surface area contributed by atoms with E-state index in [1.807, 2.05) is 13.8 Å². The zero-order chi connectivity index (χ0) is 15.9. The van der Waals surface area contributed by atoms with Gasteiger partial charge in [-0.15, -0.1) is 16.4 Å². The number of carboxylic acids is 1. The number of hydrogen-bond acceptors (Lipinski definition) is 5. The Kier molecular flexibility index (Phi) is 3.50. The first-order valence-electron chi connectivity index (χ1n) is 6.63. The van der Waals surface area contributed by atoms with E-state index >= 15 is 0 Å². The number of aryl methyl sites for hydroxylation is 2. The summed E-state index contributed by atoms with van der Waals surface area (Å²) >= 11 is 1.46. The summed E-state index contributed by atoms with van der Waals surface area (Å²) in [6.07, 6.45) is 0. The molecule has 7 heteroatoms. The predicted molar refractivity (Wildman–Crippen MR) is 83.7 cm³/mol. The van der Waals surface area contributed by atoms with E-state index in [2.05, 4.69) is 10.3 Å². The van der Waals surface area contributed by atoms with Crippen LogP contribution in [-0.4, -0.2) is 26.1 Å². The number of hydrogen-bond donors (Lipinski definition) is 1. The summed E-state index contributed by atoms with van der Waals surface area (Å²) in [4.78, 5) is 25.1. The zero-order valence-electron chi connectivity index (χ0n) is 12.0. The van der Waals surface area contributed by atoms with E-state index in [4.69, 9.17) is 5.11 Å². The molecule has 0 saturated carbocycles. The molecule has 22 heavy (non-hydrogen) atoms. The number of benzene rings is 1. The maximum atomic E-state index is 12.5. The van der Waals surface area contributed by atoms with Crippen molar-refractivity contribution in [1.29, 1.82) is 0 Å². The second-order valence-corrected chi connectivity index (χ2v) is 6.22. The number of fused-ring (bicyclic) bond motifs is 1. The van der Waals surface area contributed by atoms with Crippen LogP contribution >= 0.6 is 11.3 Å². The summed E-state index contributed by atoms with van der Waals surface area (Å²) in [6.45, 7) is 4.12. The van der Waals surface area contributed by atoms with E-state index < -0.39 is 5.97 Å². The fourth-order valence-electron chi connectivity index (χ4n) is 2.22. The Balaban J connectivity index is 2.00. The van der Waals surface area contributed by atoms with Crippen molar-refractivity contribution < 1.29 is 9.90 Å². The van der Waals surface area contributed by atoms with Gasteiger partial charge in [-0.2, -0.15) is 0 Å². The highest BCUT2D eigenvalue weighted by Crippen LogP contribution is 2.25. The maximum Gasteiger partial charge on any atom is 0.335 e. The molecule has 0 aliphatic rings.